The highest BCUT2D eigenvalue weighted by molar-refractivity contribution is 5.73. The van der Waals surface area contributed by atoms with E-state index in [1.165, 1.54) is 5.56 Å². The van der Waals surface area contributed by atoms with Crippen LogP contribution in [0.25, 0.3) is 11.1 Å². The van der Waals surface area contributed by atoms with Crippen LogP contribution in [-0.4, -0.2) is 13.7 Å². The second-order valence-electron chi connectivity index (χ2n) is 4.73. The zero-order valence-corrected chi connectivity index (χ0v) is 10.9. The molecule has 2 aromatic rings. The van der Waals surface area contributed by atoms with Crippen molar-refractivity contribution >= 4 is 0 Å². The number of hydrogen-bond donors (Lipinski definition) is 1. The summed E-state index contributed by atoms with van der Waals surface area (Å²) in [5.74, 6) is 0.728. The monoisotopic (exact) mass is 257 g/mol. The van der Waals surface area contributed by atoms with Gasteiger partial charge in [0, 0.05) is 24.1 Å². The Morgan fingerprint density at radius 1 is 1.26 bits per heavy atom. The number of halogens is 1. The van der Waals surface area contributed by atoms with Crippen LogP contribution in [0.4, 0.5) is 4.39 Å². The lowest BCUT2D eigenvalue weighted by atomic mass is 10.00. The van der Waals surface area contributed by atoms with E-state index < -0.39 is 0 Å². The van der Waals surface area contributed by atoms with Crippen LogP contribution in [0.5, 0.6) is 5.75 Å². The van der Waals surface area contributed by atoms with E-state index in [9.17, 15) is 4.39 Å². The third kappa shape index (κ3) is 2.22. The second-order valence-corrected chi connectivity index (χ2v) is 4.73. The first kappa shape index (κ1) is 12.2. The molecule has 0 atom stereocenters. The molecule has 0 aromatic heterocycles. The Balaban J connectivity index is 2.03. The molecule has 0 spiro atoms. The molecule has 0 saturated carbocycles. The molecule has 0 bridgehead atoms. The Morgan fingerprint density at radius 3 is 2.95 bits per heavy atom. The Labute approximate surface area is 112 Å². The topological polar surface area (TPSA) is 21.3 Å². The molecule has 0 fully saturated rings. The maximum absolute atomic E-state index is 14.0. The summed E-state index contributed by atoms with van der Waals surface area (Å²) in [6.45, 7) is 1.25. The van der Waals surface area contributed by atoms with E-state index in [2.05, 4.69) is 11.4 Å². The van der Waals surface area contributed by atoms with E-state index in [1.54, 1.807) is 6.07 Å². The minimum atomic E-state index is -0.178. The fourth-order valence-electron chi connectivity index (χ4n) is 2.49. The van der Waals surface area contributed by atoms with Gasteiger partial charge in [0.05, 0.1) is 6.61 Å². The van der Waals surface area contributed by atoms with Gasteiger partial charge in [-0.1, -0.05) is 30.3 Å². The first-order valence-electron chi connectivity index (χ1n) is 6.47. The van der Waals surface area contributed by atoms with E-state index in [-0.39, 0.29) is 5.82 Å². The molecule has 19 heavy (non-hydrogen) atoms. The van der Waals surface area contributed by atoms with E-state index in [0.29, 0.717) is 18.7 Å². The molecule has 0 radical (unpaired) electrons. The van der Waals surface area contributed by atoms with Crippen molar-refractivity contribution in [2.24, 2.45) is 0 Å². The first-order valence-corrected chi connectivity index (χ1v) is 6.47. The number of fused-ring (bicyclic) bond motifs is 1. The summed E-state index contributed by atoms with van der Waals surface area (Å²) in [6.07, 6.45) is 0.934. The van der Waals surface area contributed by atoms with Gasteiger partial charge in [0.15, 0.2) is 0 Å². The predicted molar refractivity (Wildman–Crippen MR) is 73.8 cm³/mol. The smallest absolute Gasteiger partial charge is 0.130 e. The van der Waals surface area contributed by atoms with Gasteiger partial charge in [0.2, 0.25) is 0 Å². The van der Waals surface area contributed by atoms with E-state index in [0.717, 1.165) is 23.3 Å². The SMILES string of the molecule is CNCc1ccc(-c2cccc3c2OCC3)cc1F. The predicted octanol–water partition coefficient (Wildman–Crippen LogP) is 3.15. The average molecular weight is 257 g/mol. The quantitative estimate of drug-likeness (QED) is 0.912. The van der Waals surface area contributed by atoms with Gasteiger partial charge in [-0.05, 0) is 24.2 Å². The van der Waals surface area contributed by atoms with Crippen molar-refractivity contribution in [1.82, 2.24) is 5.32 Å². The fraction of sp³-hybridized carbons (Fsp3) is 0.250. The Kier molecular flexibility index (Phi) is 3.22. The molecule has 0 saturated heterocycles. The molecule has 1 heterocycles. The van der Waals surface area contributed by atoms with Gasteiger partial charge in [-0.25, -0.2) is 4.39 Å². The minimum Gasteiger partial charge on any atom is -0.492 e. The molecule has 98 valence electrons. The van der Waals surface area contributed by atoms with E-state index in [4.69, 9.17) is 4.74 Å². The second kappa shape index (κ2) is 5.02. The number of para-hydroxylation sites is 1. The van der Waals surface area contributed by atoms with Gasteiger partial charge in [0.1, 0.15) is 11.6 Å². The molecular weight excluding hydrogens is 241 g/mol. The Bertz CT molecular complexity index is 610. The third-order valence-corrected chi connectivity index (χ3v) is 3.45. The zero-order chi connectivity index (χ0) is 13.2. The number of rotatable bonds is 3. The Hall–Kier alpha value is -1.87. The summed E-state index contributed by atoms with van der Waals surface area (Å²) in [6, 6.07) is 11.4. The van der Waals surface area contributed by atoms with Crippen molar-refractivity contribution in [2.45, 2.75) is 13.0 Å². The molecule has 3 rings (SSSR count). The molecule has 0 unspecified atom stereocenters. The lowest BCUT2D eigenvalue weighted by Crippen LogP contribution is -2.06. The van der Waals surface area contributed by atoms with Crippen LogP contribution < -0.4 is 10.1 Å². The highest BCUT2D eigenvalue weighted by Crippen LogP contribution is 2.37. The molecular formula is C16H16FNO. The molecule has 0 aliphatic carbocycles. The summed E-state index contributed by atoms with van der Waals surface area (Å²) in [4.78, 5) is 0. The van der Waals surface area contributed by atoms with Crippen molar-refractivity contribution < 1.29 is 9.13 Å². The fourth-order valence-corrected chi connectivity index (χ4v) is 2.49. The Morgan fingerprint density at radius 2 is 2.16 bits per heavy atom. The zero-order valence-electron chi connectivity index (χ0n) is 10.9. The van der Waals surface area contributed by atoms with Gasteiger partial charge in [-0.3, -0.25) is 0 Å². The maximum atomic E-state index is 14.0. The minimum absolute atomic E-state index is 0.178. The van der Waals surface area contributed by atoms with E-state index in [1.807, 2.05) is 31.3 Å². The summed E-state index contributed by atoms with van der Waals surface area (Å²) >= 11 is 0. The van der Waals surface area contributed by atoms with Gasteiger partial charge >= 0.3 is 0 Å². The van der Waals surface area contributed by atoms with Crippen LogP contribution in [0.1, 0.15) is 11.1 Å². The third-order valence-electron chi connectivity index (χ3n) is 3.45. The molecule has 2 aromatic carbocycles. The number of nitrogens with one attached hydrogen (secondary N) is 1. The average Bonchev–Trinajstić information content (AvgIpc) is 2.89. The van der Waals surface area contributed by atoms with Crippen molar-refractivity contribution in [3.63, 3.8) is 0 Å². The highest BCUT2D eigenvalue weighted by atomic mass is 19.1. The van der Waals surface area contributed by atoms with Crippen molar-refractivity contribution in [3.05, 3.63) is 53.3 Å². The summed E-state index contributed by atoms with van der Waals surface area (Å²) in [5.41, 5.74) is 3.73. The van der Waals surface area contributed by atoms with Crippen LogP contribution in [0.2, 0.25) is 0 Å². The molecule has 1 aliphatic rings. The van der Waals surface area contributed by atoms with Crippen LogP contribution >= 0.6 is 0 Å². The van der Waals surface area contributed by atoms with Gasteiger partial charge in [0.25, 0.3) is 0 Å². The number of ether oxygens (including phenoxy) is 1. The number of benzene rings is 2. The van der Waals surface area contributed by atoms with Gasteiger partial charge in [-0.15, -0.1) is 0 Å². The molecule has 1 N–H and O–H groups in total. The summed E-state index contributed by atoms with van der Waals surface area (Å²) in [5, 5.41) is 2.96. The van der Waals surface area contributed by atoms with Crippen molar-refractivity contribution in [2.75, 3.05) is 13.7 Å². The largest absolute Gasteiger partial charge is 0.492 e. The molecule has 3 heteroatoms. The van der Waals surface area contributed by atoms with Crippen molar-refractivity contribution in [3.8, 4) is 16.9 Å². The standard InChI is InChI=1S/C16H16FNO/c1-18-10-13-6-5-12(9-15(13)17)14-4-2-3-11-7-8-19-16(11)14/h2-6,9,18H,7-8,10H2,1H3. The molecule has 1 aliphatic heterocycles. The molecule has 0 amide bonds. The van der Waals surface area contributed by atoms with Gasteiger partial charge in [-0.2, -0.15) is 0 Å². The van der Waals surface area contributed by atoms with Crippen LogP contribution in [0.3, 0.4) is 0 Å². The first-order chi connectivity index (χ1) is 9.29. The van der Waals surface area contributed by atoms with Crippen LogP contribution in [-0.2, 0) is 13.0 Å². The van der Waals surface area contributed by atoms with Crippen molar-refractivity contribution in [1.29, 1.82) is 0 Å². The molecule has 2 nitrogen and oxygen atoms in total. The summed E-state index contributed by atoms with van der Waals surface area (Å²) in [7, 11) is 1.81. The van der Waals surface area contributed by atoms with Gasteiger partial charge < -0.3 is 10.1 Å². The van der Waals surface area contributed by atoms with Crippen LogP contribution in [0.15, 0.2) is 36.4 Å². The summed E-state index contributed by atoms with van der Waals surface area (Å²) < 4.78 is 19.7. The van der Waals surface area contributed by atoms with E-state index >= 15 is 0 Å². The normalized spacial score (nSPS) is 13.2. The highest BCUT2D eigenvalue weighted by Gasteiger charge is 2.17. The lowest BCUT2D eigenvalue weighted by molar-refractivity contribution is 0.358. The number of hydrogen-bond acceptors (Lipinski definition) is 2. The van der Waals surface area contributed by atoms with Crippen LogP contribution in [0, 0.1) is 5.82 Å². The lowest BCUT2D eigenvalue weighted by Gasteiger charge is -2.10. The maximum Gasteiger partial charge on any atom is 0.130 e.